The Hall–Kier alpha value is -3.60. The highest BCUT2D eigenvalue weighted by Crippen LogP contribution is 2.29. The number of hydrogen-bond donors (Lipinski definition) is 0. The Morgan fingerprint density at radius 2 is 1.48 bits per heavy atom. The summed E-state index contributed by atoms with van der Waals surface area (Å²) in [5, 5.41) is 0. The predicted molar refractivity (Wildman–Crippen MR) is 112 cm³/mol. The van der Waals surface area contributed by atoms with Crippen LogP contribution in [-0.2, 0) is 17.8 Å². The topological polar surface area (TPSA) is 49.9 Å². The van der Waals surface area contributed by atoms with Crippen LogP contribution < -0.4 is 9.64 Å². The fourth-order valence-electron chi connectivity index (χ4n) is 3.63. The number of methoxy groups -OCH3 is 1. The van der Waals surface area contributed by atoms with Gasteiger partial charge in [-0.15, -0.1) is 0 Å². The second kappa shape index (κ2) is 8.19. The fraction of sp³-hybridized carbons (Fsp3) is 0.167. The monoisotopic (exact) mass is 386 g/mol. The number of carbonyl (C=O) groups excluding carboxylic acids is 2. The minimum atomic E-state index is -0.559. The van der Waals surface area contributed by atoms with Crippen LogP contribution in [-0.4, -0.2) is 30.0 Å². The zero-order valence-corrected chi connectivity index (χ0v) is 16.2. The zero-order chi connectivity index (χ0) is 20.2. The number of imide groups is 1. The van der Waals surface area contributed by atoms with Crippen LogP contribution in [0.3, 0.4) is 0 Å². The molecule has 1 aliphatic rings. The van der Waals surface area contributed by atoms with Crippen molar-refractivity contribution in [2.75, 3.05) is 12.0 Å². The summed E-state index contributed by atoms with van der Waals surface area (Å²) < 4.78 is 5.30. The number of amides is 3. The highest BCUT2D eigenvalue weighted by atomic mass is 16.5. The number of carbonyl (C=O) groups is 2. The first-order valence-electron chi connectivity index (χ1n) is 9.54. The Kier molecular flexibility index (Phi) is 5.29. The standard InChI is InChI=1S/C24H22N2O3/c1-29-21-14-8-11-19(15-21)17-25-22(16-18-9-4-2-5-10-18)23(27)26(24(25)28)20-12-6-3-7-13-20/h2-15,22H,16-17H2,1H3/t22-/m0/s1. The Labute approximate surface area is 170 Å². The molecule has 146 valence electrons. The molecule has 0 spiro atoms. The van der Waals surface area contributed by atoms with E-state index >= 15 is 0 Å². The maximum atomic E-state index is 13.3. The molecule has 1 heterocycles. The molecule has 5 nitrogen and oxygen atoms in total. The lowest BCUT2D eigenvalue weighted by Crippen LogP contribution is -2.36. The largest absolute Gasteiger partial charge is 0.497 e. The van der Waals surface area contributed by atoms with E-state index in [0.29, 0.717) is 18.7 Å². The molecule has 1 aliphatic heterocycles. The highest BCUT2D eigenvalue weighted by Gasteiger charge is 2.45. The number of rotatable bonds is 6. The number of hydrogen-bond acceptors (Lipinski definition) is 3. The molecule has 0 N–H and O–H groups in total. The number of para-hydroxylation sites is 1. The van der Waals surface area contributed by atoms with Gasteiger partial charge < -0.3 is 9.64 Å². The van der Waals surface area contributed by atoms with Gasteiger partial charge in [-0.05, 0) is 35.4 Å². The molecular formula is C24H22N2O3. The molecule has 0 radical (unpaired) electrons. The van der Waals surface area contributed by atoms with Crippen molar-refractivity contribution in [2.45, 2.75) is 19.0 Å². The predicted octanol–water partition coefficient (Wildman–Crippen LogP) is 4.28. The van der Waals surface area contributed by atoms with Gasteiger partial charge in [0.1, 0.15) is 11.8 Å². The number of benzene rings is 3. The first-order chi connectivity index (χ1) is 14.2. The normalized spacial score (nSPS) is 16.4. The van der Waals surface area contributed by atoms with Crippen LogP contribution in [0.5, 0.6) is 5.75 Å². The lowest BCUT2D eigenvalue weighted by atomic mass is 10.0. The summed E-state index contributed by atoms with van der Waals surface area (Å²) >= 11 is 0. The fourth-order valence-corrected chi connectivity index (χ4v) is 3.63. The summed E-state index contributed by atoms with van der Waals surface area (Å²) in [6.07, 6.45) is 0.471. The van der Waals surface area contributed by atoms with Crippen molar-refractivity contribution in [1.29, 1.82) is 0 Å². The second-order valence-electron chi connectivity index (χ2n) is 6.98. The van der Waals surface area contributed by atoms with E-state index in [4.69, 9.17) is 4.74 Å². The lowest BCUT2D eigenvalue weighted by Gasteiger charge is -2.22. The van der Waals surface area contributed by atoms with Gasteiger partial charge in [0.05, 0.1) is 12.8 Å². The molecule has 5 heteroatoms. The first-order valence-corrected chi connectivity index (χ1v) is 9.54. The van der Waals surface area contributed by atoms with Gasteiger partial charge >= 0.3 is 6.03 Å². The van der Waals surface area contributed by atoms with E-state index < -0.39 is 6.04 Å². The molecular weight excluding hydrogens is 364 g/mol. The molecule has 3 aromatic carbocycles. The van der Waals surface area contributed by atoms with E-state index in [1.165, 1.54) is 4.90 Å². The summed E-state index contributed by atoms with van der Waals surface area (Å²) in [5.41, 5.74) is 2.52. The van der Waals surface area contributed by atoms with E-state index in [2.05, 4.69) is 0 Å². The third-order valence-electron chi connectivity index (χ3n) is 5.09. The molecule has 3 aromatic rings. The average molecular weight is 386 g/mol. The molecule has 3 amide bonds. The Morgan fingerprint density at radius 1 is 0.828 bits per heavy atom. The molecule has 0 aliphatic carbocycles. The molecule has 29 heavy (non-hydrogen) atoms. The van der Waals surface area contributed by atoms with Crippen LogP contribution in [0.4, 0.5) is 10.5 Å². The van der Waals surface area contributed by atoms with E-state index in [1.807, 2.05) is 72.8 Å². The van der Waals surface area contributed by atoms with Crippen molar-refractivity contribution in [2.24, 2.45) is 0 Å². The maximum absolute atomic E-state index is 13.3. The van der Waals surface area contributed by atoms with Gasteiger partial charge in [-0.1, -0.05) is 60.7 Å². The van der Waals surface area contributed by atoms with Crippen LogP contribution in [0.25, 0.3) is 0 Å². The number of anilines is 1. The highest BCUT2D eigenvalue weighted by molar-refractivity contribution is 6.21. The van der Waals surface area contributed by atoms with Crippen molar-refractivity contribution in [3.63, 3.8) is 0 Å². The molecule has 0 unspecified atom stereocenters. The van der Waals surface area contributed by atoms with Crippen LogP contribution in [0.1, 0.15) is 11.1 Å². The third-order valence-corrected chi connectivity index (χ3v) is 5.09. The molecule has 1 fully saturated rings. The molecule has 0 bridgehead atoms. The average Bonchev–Trinajstić information content (AvgIpc) is 2.99. The summed E-state index contributed by atoms with van der Waals surface area (Å²) in [5.74, 6) is 0.521. The number of nitrogens with zero attached hydrogens (tertiary/aromatic N) is 2. The summed E-state index contributed by atoms with van der Waals surface area (Å²) in [6, 6.07) is 25.6. The van der Waals surface area contributed by atoms with Crippen molar-refractivity contribution < 1.29 is 14.3 Å². The lowest BCUT2D eigenvalue weighted by molar-refractivity contribution is -0.119. The summed E-state index contributed by atoms with van der Waals surface area (Å²) in [7, 11) is 1.61. The van der Waals surface area contributed by atoms with Gasteiger partial charge in [0.15, 0.2) is 0 Å². The SMILES string of the molecule is COc1cccc(CN2C(=O)N(c3ccccc3)C(=O)[C@@H]2Cc2ccccc2)c1. The Bertz CT molecular complexity index is 1000. The van der Waals surface area contributed by atoms with Gasteiger partial charge in [-0.25, -0.2) is 9.69 Å². The third kappa shape index (κ3) is 3.85. The van der Waals surface area contributed by atoms with Gasteiger partial charge in [0.2, 0.25) is 0 Å². The Balaban J connectivity index is 1.68. The van der Waals surface area contributed by atoms with E-state index in [1.54, 1.807) is 24.1 Å². The summed E-state index contributed by atoms with van der Waals surface area (Å²) in [6.45, 7) is 0.336. The van der Waals surface area contributed by atoms with Crippen molar-refractivity contribution >= 4 is 17.6 Å². The molecule has 0 saturated carbocycles. The van der Waals surface area contributed by atoms with E-state index in [9.17, 15) is 9.59 Å². The van der Waals surface area contributed by atoms with Gasteiger partial charge in [0.25, 0.3) is 5.91 Å². The maximum Gasteiger partial charge on any atom is 0.332 e. The number of urea groups is 1. The molecule has 1 saturated heterocycles. The molecule has 1 atom stereocenters. The first kappa shape index (κ1) is 18.7. The minimum Gasteiger partial charge on any atom is -0.497 e. The van der Waals surface area contributed by atoms with Crippen LogP contribution in [0.15, 0.2) is 84.9 Å². The van der Waals surface area contributed by atoms with Crippen LogP contribution >= 0.6 is 0 Å². The van der Waals surface area contributed by atoms with Crippen molar-refractivity contribution in [3.8, 4) is 5.75 Å². The number of ether oxygens (including phenoxy) is 1. The molecule has 4 rings (SSSR count). The second-order valence-corrected chi connectivity index (χ2v) is 6.98. The van der Waals surface area contributed by atoms with Crippen LogP contribution in [0, 0.1) is 0 Å². The zero-order valence-electron chi connectivity index (χ0n) is 16.2. The Morgan fingerprint density at radius 3 is 2.17 bits per heavy atom. The van der Waals surface area contributed by atoms with E-state index in [0.717, 1.165) is 16.9 Å². The van der Waals surface area contributed by atoms with Crippen molar-refractivity contribution in [1.82, 2.24) is 4.90 Å². The van der Waals surface area contributed by atoms with Gasteiger partial charge in [0, 0.05) is 13.0 Å². The molecule has 0 aromatic heterocycles. The van der Waals surface area contributed by atoms with Crippen LogP contribution in [0.2, 0.25) is 0 Å². The van der Waals surface area contributed by atoms with E-state index in [-0.39, 0.29) is 11.9 Å². The van der Waals surface area contributed by atoms with Gasteiger partial charge in [-0.2, -0.15) is 0 Å². The summed E-state index contributed by atoms with van der Waals surface area (Å²) in [4.78, 5) is 29.5. The van der Waals surface area contributed by atoms with Gasteiger partial charge in [-0.3, -0.25) is 4.79 Å². The van der Waals surface area contributed by atoms with Crippen molar-refractivity contribution in [3.05, 3.63) is 96.1 Å². The minimum absolute atomic E-state index is 0.201. The quantitative estimate of drug-likeness (QED) is 0.594. The smallest absolute Gasteiger partial charge is 0.332 e.